The van der Waals surface area contributed by atoms with Crippen LogP contribution in [0.5, 0.6) is 11.6 Å². The molecule has 0 aromatic carbocycles. The molecule has 0 fully saturated rings. The lowest BCUT2D eigenvalue weighted by Crippen LogP contribution is -2.65. The van der Waals surface area contributed by atoms with Gasteiger partial charge in [-0.05, 0) is 54.9 Å². The van der Waals surface area contributed by atoms with Gasteiger partial charge < -0.3 is 28.4 Å². The van der Waals surface area contributed by atoms with Crippen LogP contribution in [0.1, 0.15) is 105 Å². The van der Waals surface area contributed by atoms with Crippen LogP contribution in [0, 0.1) is 11.8 Å². The molecule has 284 valence electrons. The van der Waals surface area contributed by atoms with Gasteiger partial charge in [0, 0.05) is 44.2 Å². The number of aromatic nitrogens is 2. The average Bonchev–Trinajstić information content (AvgIpc) is 3.49. The molecule has 11 nitrogen and oxygen atoms in total. The summed E-state index contributed by atoms with van der Waals surface area (Å²) in [5.74, 6) is -0.834. The zero-order chi connectivity index (χ0) is 38.2. The Hall–Kier alpha value is -3.74. The first kappa shape index (κ1) is 39.5. The third kappa shape index (κ3) is 6.66. The molecular formula is C40H58N4O7Si. The highest BCUT2D eigenvalue weighted by atomic mass is 28.4. The van der Waals surface area contributed by atoms with Crippen molar-refractivity contribution in [3.8, 4) is 11.6 Å². The number of ketones is 2. The normalized spacial score (nSPS) is 22.8. The molecule has 0 radical (unpaired) electrons. The Morgan fingerprint density at radius 1 is 1.06 bits per heavy atom. The lowest BCUT2D eigenvalue weighted by Gasteiger charge is -2.55. The summed E-state index contributed by atoms with van der Waals surface area (Å²) >= 11 is 0. The molecule has 0 aliphatic heterocycles. The maximum absolute atomic E-state index is 15.5. The largest absolute Gasteiger partial charge is 0.508 e. The van der Waals surface area contributed by atoms with Crippen molar-refractivity contribution >= 4 is 25.7 Å². The van der Waals surface area contributed by atoms with Crippen molar-refractivity contribution in [2.45, 2.75) is 103 Å². The fraction of sp³-hybridized carbons (Fsp3) is 0.600. The van der Waals surface area contributed by atoms with Gasteiger partial charge in [0.05, 0.1) is 31.0 Å². The molecule has 3 aliphatic rings. The second kappa shape index (κ2) is 15.3. The smallest absolute Gasteiger partial charge is 0.265 e. The van der Waals surface area contributed by atoms with Crippen LogP contribution in [0.3, 0.4) is 0 Å². The number of aliphatic hydroxyl groups excluding tert-OH is 1. The number of anilines is 1. The van der Waals surface area contributed by atoms with E-state index in [0.29, 0.717) is 62.0 Å². The quantitative estimate of drug-likeness (QED) is 0.102. The fourth-order valence-corrected chi connectivity index (χ4v) is 9.14. The van der Waals surface area contributed by atoms with Crippen LogP contribution in [0.15, 0.2) is 47.4 Å². The molecule has 2 aromatic rings. The minimum atomic E-state index is -2.87. The maximum Gasteiger partial charge on any atom is 0.265 e. The summed E-state index contributed by atoms with van der Waals surface area (Å²) in [6, 6.07) is -0.597. The lowest BCUT2D eigenvalue weighted by molar-refractivity contribution is -0.0524. The molecule has 4 atom stereocenters. The number of fused-ring (bicyclic) bond motifs is 4. The summed E-state index contributed by atoms with van der Waals surface area (Å²) in [5.41, 5.74) is -0.440. The molecule has 0 saturated carbocycles. The predicted molar refractivity (Wildman–Crippen MR) is 205 cm³/mol. The van der Waals surface area contributed by atoms with Crippen molar-refractivity contribution in [1.82, 2.24) is 15.0 Å². The minimum absolute atomic E-state index is 0.0702. The van der Waals surface area contributed by atoms with E-state index in [2.05, 4.69) is 70.9 Å². The lowest BCUT2D eigenvalue weighted by atomic mass is 9.58. The Kier molecular flexibility index (Phi) is 11.6. The number of allylic oxidation sites excluding steroid dienone is 1. The van der Waals surface area contributed by atoms with Crippen molar-refractivity contribution in [2.75, 3.05) is 45.3 Å². The third-order valence-electron chi connectivity index (χ3n) is 11.3. The van der Waals surface area contributed by atoms with Crippen LogP contribution in [-0.2, 0) is 10.8 Å². The highest BCUT2D eigenvalue weighted by molar-refractivity contribution is 6.74. The number of carbonyl (C=O) groups is 2. The van der Waals surface area contributed by atoms with E-state index in [4.69, 9.17) is 23.4 Å². The van der Waals surface area contributed by atoms with Gasteiger partial charge in [0.1, 0.15) is 22.9 Å². The first-order chi connectivity index (χ1) is 24.6. The Labute approximate surface area is 310 Å². The van der Waals surface area contributed by atoms with Gasteiger partial charge in [-0.3, -0.25) is 14.5 Å². The topological polar surface area (TPSA) is 127 Å². The van der Waals surface area contributed by atoms with Crippen molar-refractivity contribution < 1.29 is 33.1 Å². The number of pyridine rings is 1. The molecule has 2 heterocycles. The van der Waals surface area contributed by atoms with E-state index in [1.165, 1.54) is 0 Å². The van der Waals surface area contributed by atoms with Crippen molar-refractivity contribution in [3.63, 3.8) is 0 Å². The molecule has 5 rings (SSSR count). The summed E-state index contributed by atoms with van der Waals surface area (Å²) in [5, 5.41) is 16.9. The highest BCUT2D eigenvalue weighted by Crippen LogP contribution is 2.60. The second-order valence-corrected chi connectivity index (χ2v) is 20.8. The Bertz CT molecular complexity index is 1710. The predicted octanol–water partition coefficient (Wildman–Crippen LogP) is 8.05. The number of Topliss-reactive ketones (excluding diaryl/α,β-unsaturated/α-hetero) is 2. The van der Waals surface area contributed by atoms with Crippen LogP contribution in [-0.4, -0.2) is 86.0 Å². The van der Waals surface area contributed by atoms with Gasteiger partial charge in [-0.25, -0.2) is 4.98 Å². The summed E-state index contributed by atoms with van der Waals surface area (Å²) < 4.78 is 25.7. The van der Waals surface area contributed by atoms with E-state index in [1.54, 1.807) is 18.3 Å². The van der Waals surface area contributed by atoms with Gasteiger partial charge in [-0.1, -0.05) is 59.6 Å². The molecule has 0 saturated heterocycles. The monoisotopic (exact) mass is 734 g/mol. The molecular weight excluding hydrogens is 677 g/mol. The highest BCUT2D eigenvalue weighted by Gasteiger charge is 2.67. The van der Waals surface area contributed by atoms with E-state index in [-0.39, 0.29) is 33.6 Å². The molecule has 1 N–H and O–H groups in total. The van der Waals surface area contributed by atoms with Crippen molar-refractivity contribution in [1.29, 1.82) is 0 Å². The molecule has 0 spiro atoms. The molecule has 12 heteroatoms. The van der Waals surface area contributed by atoms with Crippen LogP contribution in [0.4, 0.5) is 5.82 Å². The average molecular weight is 735 g/mol. The molecule has 0 bridgehead atoms. The van der Waals surface area contributed by atoms with E-state index >= 15 is 9.59 Å². The summed E-state index contributed by atoms with van der Waals surface area (Å²) in [4.78, 5) is 39.3. The van der Waals surface area contributed by atoms with Gasteiger partial charge in [-0.15, -0.1) is 13.2 Å². The minimum Gasteiger partial charge on any atom is -0.508 e. The molecule has 2 aromatic heterocycles. The number of nitrogens with zero attached hydrogens (tertiary/aromatic N) is 4. The number of hydrogen-bond acceptors (Lipinski definition) is 11. The van der Waals surface area contributed by atoms with Gasteiger partial charge in [0.2, 0.25) is 5.78 Å². The number of rotatable bonds is 16. The van der Waals surface area contributed by atoms with Crippen LogP contribution in [0.25, 0.3) is 0 Å². The zero-order valence-electron chi connectivity index (χ0n) is 32.6. The summed E-state index contributed by atoms with van der Waals surface area (Å²) in [6.45, 7) is 24.2. The second-order valence-electron chi connectivity index (χ2n) is 16.1. The number of unbranched alkanes of at least 4 members (excludes halogenated alkanes) is 2. The van der Waals surface area contributed by atoms with E-state index in [9.17, 15) is 5.11 Å². The third-order valence-corrected chi connectivity index (χ3v) is 15.7. The number of carbonyl (C=O) groups excluding carboxylic acids is 2. The summed E-state index contributed by atoms with van der Waals surface area (Å²) in [6.07, 6.45) is 9.33. The van der Waals surface area contributed by atoms with E-state index in [0.717, 1.165) is 31.2 Å². The number of ether oxygens (including phenoxy) is 2. The Morgan fingerprint density at radius 3 is 2.27 bits per heavy atom. The van der Waals surface area contributed by atoms with Gasteiger partial charge in [-0.2, -0.15) is 0 Å². The summed E-state index contributed by atoms with van der Waals surface area (Å²) in [7, 11) is 0.929. The number of hydrogen-bond donors (Lipinski definition) is 1. The van der Waals surface area contributed by atoms with Crippen LogP contribution in [0.2, 0.25) is 18.1 Å². The fourth-order valence-electron chi connectivity index (χ4n) is 7.69. The standard InChI is InChI=1S/C40H58N4O7Si/c1-12-16-20-48-28-24-41-37(43(8)9)26-22-25-23-27-32(44(18-14-3)19-15-4)34-31(38(42-50-34)49-21-17-13-2)36(47)40(27,51-52(10,11)39(5,6)7)35(46)29(25)33(45)30(26)28/h14-15,24-25,27,32,46H,3-4,12-13,16-23H2,1-2,5-11H3/t25-,27-,32-,40-/m0/s1. The van der Waals surface area contributed by atoms with Crippen molar-refractivity contribution in [3.05, 3.63) is 65.3 Å². The maximum atomic E-state index is 15.5. The van der Waals surface area contributed by atoms with Crippen LogP contribution < -0.4 is 14.4 Å². The number of aliphatic hydroxyl groups is 1. The van der Waals surface area contributed by atoms with Crippen LogP contribution >= 0.6 is 0 Å². The first-order valence-corrected chi connectivity index (χ1v) is 21.6. The zero-order valence-corrected chi connectivity index (χ0v) is 33.6. The Balaban J connectivity index is 1.83. The van der Waals surface area contributed by atoms with Gasteiger partial charge in [0.25, 0.3) is 5.88 Å². The Morgan fingerprint density at radius 2 is 1.69 bits per heavy atom. The van der Waals surface area contributed by atoms with E-state index in [1.807, 2.05) is 19.0 Å². The molecule has 0 unspecified atom stereocenters. The van der Waals surface area contributed by atoms with Crippen molar-refractivity contribution in [2.24, 2.45) is 11.8 Å². The van der Waals surface area contributed by atoms with E-state index < -0.39 is 37.6 Å². The SMILES string of the molecule is C=CCN(CC=C)[C@@H]1c2onc(OCCCC)c2C(=O)[C@@]2(O[Si](C)(C)C(C)(C)C)C(O)=C3C(=O)c4c(OCCCC)cnc(N(C)C)c4C[C@H]3C[C@@H]12. The first-order valence-electron chi connectivity index (χ1n) is 18.7. The molecule has 52 heavy (non-hydrogen) atoms. The molecule has 3 aliphatic carbocycles. The van der Waals surface area contributed by atoms with Gasteiger partial charge >= 0.3 is 0 Å². The van der Waals surface area contributed by atoms with Gasteiger partial charge in [0.15, 0.2) is 25.5 Å². The molecule has 0 amide bonds.